The van der Waals surface area contributed by atoms with Crippen molar-refractivity contribution < 1.29 is 9.53 Å². The SMILES string of the molecule is COc1ccc(CNC(=O)C2CCCN(c3ccc(-c4ccc(C)cc4)nn3)C2)cc1. The zero-order chi connectivity index (χ0) is 21.6. The molecular formula is C25H28N4O2. The second kappa shape index (κ2) is 9.60. The first-order valence-electron chi connectivity index (χ1n) is 10.7. The molecule has 3 aromatic rings. The van der Waals surface area contributed by atoms with Gasteiger partial charge >= 0.3 is 0 Å². The number of carbonyl (C=O) groups is 1. The lowest BCUT2D eigenvalue weighted by Gasteiger charge is -2.32. The first-order chi connectivity index (χ1) is 15.1. The second-order valence-corrected chi connectivity index (χ2v) is 7.99. The van der Waals surface area contributed by atoms with Gasteiger partial charge in [-0.3, -0.25) is 4.79 Å². The smallest absolute Gasteiger partial charge is 0.225 e. The van der Waals surface area contributed by atoms with Crippen LogP contribution in [0.4, 0.5) is 5.82 Å². The normalized spacial score (nSPS) is 16.1. The number of rotatable bonds is 6. The standard InChI is InChI=1S/C25H28N4O2/c1-18-5-9-20(10-6-18)23-13-14-24(28-27-23)29-15-3-4-21(17-29)25(30)26-16-19-7-11-22(31-2)12-8-19/h5-14,21H,3-4,15-17H2,1-2H3,(H,26,30). The van der Waals surface area contributed by atoms with E-state index in [0.717, 1.165) is 47.8 Å². The van der Waals surface area contributed by atoms with E-state index < -0.39 is 0 Å². The lowest BCUT2D eigenvalue weighted by Crippen LogP contribution is -2.43. The van der Waals surface area contributed by atoms with E-state index in [2.05, 4.69) is 51.6 Å². The predicted octanol–water partition coefficient (Wildman–Crippen LogP) is 3.99. The van der Waals surface area contributed by atoms with Crippen LogP contribution in [-0.2, 0) is 11.3 Å². The molecule has 1 amide bonds. The molecule has 2 heterocycles. The molecule has 1 fully saturated rings. The molecule has 1 atom stereocenters. The summed E-state index contributed by atoms with van der Waals surface area (Å²) in [4.78, 5) is 14.9. The maximum Gasteiger partial charge on any atom is 0.225 e. The van der Waals surface area contributed by atoms with Crippen molar-refractivity contribution >= 4 is 11.7 Å². The van der Waals surface area contributed by atoms with Gasteiger partial charge < -0.3 is 15.0 Å². The second-order valence-electron chi connectivity index (χ2n) is 7.99. The maximum absolute atomic E-state index is 12.7. The van der Waals surface area contributed by atoms with Crippen LogP contribution in [0.1, 0.15) is 24.0 Å². The Morgan fingerprint density at radius 3 is 2.52 bits per heavy atom. The molecule has 31 heavy (non-hydrogen) atoms. The molecule has 6 nitrogen and oxygen atoms in total. The third-order valence-electron chi connectivity index (χ3n) is 5.74. The molecule has 0 radical (unpaired) electrons. The summed E-state index contributed by atoms with van der Waals surface area (Å²) in [5.74, 6) is 1.67. The van der Waals surface area contributed by atoms with Crippen LogP contribution < -0.4 is 15.0 Å². The van der Waals surface area contributed by atoms with Gasteiger partial charge in [0.1, 0.15) is 5.75 Å². The summed E-state index contributed by atoms with van der Waals surface area (Å²) in [5.41, 5.74) is 4.19. The molecule has 4 rings (SSSR count). The zero-order valence-corrected chi connectivity index (χ0v) is 18.0. The van der Waals surface area contributed by atoms with Crippen LogP contribution in [0.5, 0.6) is 5.75 Å². The Morgan fingerprint density at radius 1 is 1.06 bits per heavy atom. The number of ether oxygens (including phenoxy) is 1. The number of anilines is 1. The molecule has 0 saturated carbocycles. The molecule has 0 spiro atoms. The van der Waals surface area contributed by atoms with Crippen LogP contribution in [-0.4, -0.2) is 36.3 Å². The first-order valence-corrected chi connectivity index (χ1v) is 10.7. The number of hydrogen-bond donors (Lipinski definition) is 1. The first kappa shape index (κ1) is 20.8. The molecule has 1 aliphatic rings. The number of carbonyl (C=O) groups excluding carboxylic acids is 1. The van der Waals surface area contributed by atoms with Crippen LogP contribution in [0.25, 0.3) is 11.3 Å². The predicted molar refractivity (Wildman–Crippen MR) is 122 cm³/mol. The van der Waals surface area contributed by atoms with E-state index in [9.17, 15) is 4.79 Å². The number of piperidine rings is 1. The van der Waals surface area contributed by atoms with Crippen molar-refractivity contribution in [2.45, 2.75) is 26.3 Å². The van der Waals surface area contributed by atoms with Crippen molar-refractivity contribution in [1.82, 2.24) is 15.5 Å². The van der Waals surface area contributed by atoms with E-state index in [1.165, 1.54) is 5.56 Å². The molecule has 1 unspecified atom stereocenters. The average Bonchev–Trinajstić information content (AvgIpc) is 2.83. The van der Waals surface area contributed by atoms with Gasteiger partial charge in [0.25, 0.3) is 0 Å². The highest BCUT2D eigenvalue weighted by Gasteiger charge is 2.26. The van der Waals surface area contributed by atoms with Crippen LogP contribution in [0.15, 0.2) is 60.7 Å². The highest BCUT2D eigenvalue weighted by Crippen LogP contribution is 2.24. The quantitative estimate of drug-likeness (QED) is 0.658. The molecular weight excluding hydrogens is 388 g/mol. The Balaban J connectivity index is 1.35. The molecule has 0 aliphatic carbocycles. The average molecular weight is 417 g/mol. The van der Waals surface area contributed by atoms with E-state index in [1.54, 1.807) is 7.11 Å². The summed E-state index contributed by atoms with van der Waals surface area (Å²) in [6.45, 7) is 4.14. The third kappa shape index (κ3) is 5.20. The van der Waals surface area contributed by atoms with Crippen molar-refractivity contribution in [2.75, 3.05) is 25.1 Å². The van der Waals surface area contributed by atoms with Crippen molar-refractivity contribution in [3.05, 3.63) is 71.8 Å². The van der Waals surface area contributed by atoms with Crippen molar-refractivity contribution in [1.29, 1.82) is 0 Å². The fraction of sp³-hybridized carbons (Fsp3) is 0.320. The number of aromatic nitrogens is 2. The number of amides is 1. The molecule has 2 aromatic carbocycles. The Kier molecular flexibility index (Phi) is 6.46. The Labute approximate surface area is 183 Å². The lowest BCUT2D eigenvalue weighted by atomic mass is 9.97. The molecule has 1 aromatic heterocycles. The third-order valence-corrected chi connectivity index (χ3v) is 5.74. The monoisotopic (exact) mass is 416 g/mol. The number of hydrogen-bond acceptors (Lipinski definition) is 5. The summed E-state index contributed by atoms with van der Waals surface area (Å²) in [7, 11) is 1.64. The van der Waals surface area contributed by atoms with Crippen molar-refractivity contribution in [3.8, 4) is 17.0 Å². The van der Waals surface area contributed by atoms with Gasteiger partial charge in [0, 0.05) is 25.2 Å². The zero-order valence-electron chi connectivity index (χ0n) is 18.0. The van der Waals surface area contributed by atoms with E-state index in [0.29, 0.717) is 13.1 Å². The van der Waals surface area contributed by atoms with Gasteiger partial charge in [-0.1, -0.05) is 42.0 Å². The van der Waals surface area contributed by atoms with Crippen molar-refractivity contribution in [2.24, 2.45) is 5.92 Å². The lowest BCUT2D eigenvalue weighted by molar-refractivity contribution is -0.125. The Morgan fingerprint density at radius 2 is 1.84 bits per heavy atom. The van der Waals surface area contributed by atoms with Gasteiger partial charge in [-0.25, -0.2) is 0 Å². The molecule has 1 aliphatic heterocycles. The number of methoxy groups -OCH3 is 1. The molecule has 1 saturated heterocycles. The number of nitrogens with one attached hydrogen (secondary N) is 1. The van der Waals surface area contributed by atoms with Crippen molar-refractivity contribution in [3.63, 3.8) is 0 Å². The Hall–Kier alpha value is -3.41. The Bertz CT molecular complexity index is 1000. The maximum atomic E-state index is 12.7. The van der Waals surface area contributed by atoms with E-state index >= 15 is 0 Å². The van der Waals surface area contributed by atoms with E-state index in [4.69, 9.17) is 4.74 Å². The van der Waals surface area contributed by atoms with Gasteiger partial charge in [-0.15, -0.1) is 10.2 Å². The molecule has 6 heteroatoms. The minimum atomic E-state index is -0.0504. The van der Waals surface area contributed by atoms with Crippen LogP contribution in [0.2, 0.25) is 0 Å². The number of aryl methyl sites for hydroxylation is 1. The van der Waals surface area contributed by atoms with Crippen LogP contribution in [0, 0.1) is 12.8 Å². The topological polar surface area (TPSA) is 67.3 Å². The van der Waals surface area contributed by atoms with Crippen LogP contribution >= 0.6 is 0 Å². The fourth-order valence-corrected chi connectivity index (χ4v) is 3.85. The van der Waals surface area contributed by atoms with E-state index in [-0.39, 0.29) is 11.8 Å². The van der Waals surface area contributed by atoms with Gasteiger partial charge in [0.15, 0.2) is 5.82 Å². The summed E-state index contributed by atoms with van der Waals surface area (Å²) in [6.07, 6.45) is 1.85. The van der Waals surface area contributed by atoms with Gasteiger partial charge in [0.2, 0.25) is 5.91 Å². The summed E-state index contributed by atoms with van der Waals surface area (Å²) in [6, 6.07) is 20.0. The molecule has 1 N–H and O–H groups in total. The van der Waals surface area contributed by atoms with E-state index in [1.807, 2.05) is 36.4 Å². The highest BCUT2D eigenvalue weighted by atomic mass is 16.5. The van der Waals surface area contributed by atoms with Gasteiger partial charge in [-0.05, 0) is 49.6 Å². The summed E-state index contributed by atoms with van der Waals surface area (Å²) < 4.78 is 5.18. The van der Waals surface area contributed by atoms with Gasteiger partial charge in [-0.2, -0.15) is 0 Å². The summed E-state index contributed by atoms with van der Waals surface area (Å²) >= 11 is 0. The van der Waals surface area contributed by atoms with Crippen LogP contribution in [0.3, 0.4) is 0 Å². The number of benzene rings is 2. The minimum absolute atomic E-state index is 0.0504. The molecule has 160 valence electrons. The largest absolute Gasteiger partial charge is 0.497 e. The highest BCUT2D eigenvalue weighted by molar-refractivity contribution is 5.79. The summed E-state index contributed by atoms with van der Waals surface area (Å²) in [5, 5.41) is 11.9. The fourth-order valence-electron chi connectivity index (χ4n) is 3.85. The van der Waals surface area contributed by atoms with Gasteiger partial charge in [0.05, 0.1) is 18.7 Å². The minimum Gasteiger partial charge on any atom is -0.497 e. The molecule has 0 bridgehead atoms. The number of nitrogens with zero attached hydrogens (tertiary/aromatic N) is 3.